The smallest absolute Gasteiger partial charge is 0.485 e. The van der Waals surface area contributed by atoms with E-state index in [9.17, 15) is 23.3 Å². The number of halogens is 4. The van der Waals surface area contributed by atoms with Gasteiger partial charge in [-0.2, -0.15) is 13.2 Å². The Labute approximate surface area is 211 Å². The maximum Gasteiger partial charge on any atom is 0.485 e. The van der Waals surface area contributed by atoms with E-state index in [-0.39, 0.29) is 5.69 Å². The second kappa shape index (κ2) is 10.9. The number of hydrogen-bond donors (Lipinski definition) is 0. The zero-order valence-corrected chi connectivity index (χ0v) is 20.3. The number of non-ortho nitro benzene ring substituents is 1. The minimum Gasteiger partial charge on any atom is -0.741 e. The predicted molar refractivity (Wildman–Crippen MR) is 126 cm³/mol. The SMILES string of the molecule is O=S(=O)([O-])C(F)(F)F.O=[N+]([O-])c1ccc(C2=NN(c3ccccc3)C[N+](c3ccc(Br)cc3)=N2)cc1. The summed E-state index contributed by atoms with van der Waals surface area (Å²) in [6.45, 7) is 0.447. The fourth-order valence-corrected chi connectivity index (χ4v) is 3.04. The molecule has 0 saturated carbocycles. The van der Waals surface area contributed by atoms with Crippen LogP contribution >= 0.6 is 15.9 Å². The largest absolute Gasteiger partial charge is 0.741 e. The zero-order chi connectivity index (χ0) is 26.5. The molecule has 0 saturated heterocycles. The van der Waals surface area contributed by atoms with Crippen LogP contribution in [0.15, 0.2) is 93.6 Å². The molecule has 0 fully saturated rings. The number of hydrogen-bond acceptors (Lipinski definition) is 8. The molecule has 4 rings (SSSR count). The molecule has 3 aromatic rings. The highest BCUT2D eigenvalue weighted by molar-refractivity contribution is 9.10. The van der Waals surface area contributed by atoms with E-state index < -0.39 is 20.5 Å². The van der Waals surface area contributed by atoms with Gasteiger partial charge in [-0.05, 0) is 36.4 Å². The minimum atomic E-state index is -6.09. The van der Waals surface area contributed by atoms with Crippen molar-refractivity contribution in [2.75, 3.05) is 11.7 Å². The maximum atomic E-state index is 10.9. The summed E-state index contributed by atoms with van der Waals surface area (Å²) < 4.78 is 61.7. The summed E-state index contributed by atoms with van der Waals surface area (Å²) >= 11 is 3.45. The highest BCUT2D eigenvalue weighted by Crippen LogP contribution is 2.25. The molecule has 10 nitrogen and oxygen atoms in total. The van der Waals surface area contributed by atoms with E-state index >= 15 is 0 Å². The number of azo groups is 2. The van der Waals surface area contributed by atoms with E-state index in [0.717, 1.165) is 15.8 Å². The summed E-state index contributed by atoms with van der Waals surface area (Å²) in [5, 5.41) is 22.1. The van der Waals surface area contributed by atoms with Gasteiger partial charge in [0.1, 0.15) is 0 Å². The number of nitro groups is 1. The van der Waals surface area contributed by atoms with Crippen molar-refractivity contribution < 1.29 is 35.8 Å². The standard InChI is InChI=1S/C20H15BrN5O2.CHF3O3S/c21-16-8-12-18(13-9-16)25-14-24(17-4-2-1-3-5-17)22-20(23-25)15-6-10-19(11-7-15)26(27)28;2-1(3,4)8(5,6)7/h1-13H,14H2;(H,5,6,7)/q+1;/p-1. The molecule has 0 N–H and O–H groups in total. The van der Waals surface area contributed by atoms with Gasteiger partial charge in [0.2, 0.25) is 11.5 Å². The van der Waals surface area contributed by atoms with Gasteiger partial charge in [0.15, 0.2) is 10.1 Å². The molecule has 0 radical (unpaired) electrons. The van der Waals surface area contributed by atoms with Crippen molar-refractivity contribution in [1.82, 2.24) is 0 Å². The topological polar surface area (TPSA) is 131 Å². The number of nitrogens with zero attached hydrogens (tertiary/aromatic N) is 5. The second-order valence-electron chi connectivity index (χ2n) is 6.98. The summed E-state index contributed by atoms with van der Waals surface area (Å²) in [5.74, 6) is 0.480. The highest BCUT2D eigenvalue weighted by Gasteiger charge is 2.37. The van der Waals surface area contributed by atoms with Crippen molar-refractivity contribution in [2.24, 2.45) is 10.2 Å². The molecule has 0 unspecified atom stereocenters. The first-order chi connectivity index (χ1) is 16.8. The lowest BCUT2D eigenvalue weighted by Crippen LogP contribution is -2.31. The van der Waals surface area contributed by atoms with Crippen molar-refractivity contribution in [1.29, 1.82) is 0 Å². The number of amidine groups is 1. The Balaban J connectivity index is 0.000000392. The Bertz CT molecular complexity index is 1400. The summed E-state index contributed by atoms with van der Waals surface area (Å²) in [4.78, 5) is 10.5. The van der Waals surface area contributed by atoms with E-state index in [0.29, 0.717) is 18.1 Å². The lowest BCUT2D eigenvalue weighted by atomic mass is 10.2. The highest BCUT2D eigenvalue weighted by atomic mass is 79.9. The van der Waals surface area contributed by atoms with Crippen LogP contribution < -0.4 is 5.01 Å². The molecule has 0 bridgehead atoms. The van der Waals surface area contributed by atoms with E-state index in [1.807, 2.05) is 64.3 Å². The molecule has 1 aliphatic heterocycles. The van der Waals surface area contributed by atoms with Gasteiger partial charge in [-0.3, -0.25) is 10.1 Å². The zero-order valence-electron chi connectivity index (χ0n) is 17.9. The van der Waals surface area contributed by atoms with Gasteiger partial charge in [-0.1, -0.05) is 38.8 Å². The fourth-order valence-electron chi connectivity index (χ4n) is 2.78. The fraction of sp³-hybridized carbons (Fsp3) is 0.0952. The first kappa shape index (κ1) is 26.9. The lowest BCUT2D eigenvalue weighted by molar-refractivity contribution is -0.508. The molecule has 1 heterocycles. The number of benzene rings is 3. The van der Waals surface area contributed by atoms with Crippen molar-refractivity contribution in [3.05, 3.63) is 99.0 Å². The van der Waals surface area contributed by atoms with Gasteiger partial charge in [-0.15, -0.1) is 5.10 Å². The number of para-hydroxylation sites is 1. The monoisotopic (exact) mass is 585 g/mol. The summed E-state index contributed by atoms with van der Waals surface area (Å²) in [7, 11) is -6.09. The van der Waals surface area contributed by atoms with E-state index in [1.54, 1.807) is 12.1 Å². The Hall–Kier alpha value is -3.69. The van der Waals surface area contributed by atoms with Gasteiger partial charge >= 0.3 is 5.51 Å². The van der Waals surface area contributed by atoms with Crippen molar-refractivity contribution in [3.63, 3.8) is 0 Å². The maximum absolute atomic E-state index is 10.9. The van der Waals surface area contributed by atoms with Crippen LogP contribution in [0.25, 0.3) is 0 Å². The summed E-state index contributed by atoms with van der Waals surface area (Å²) in [5.41, 5.74) is -3.07. The molecular weight excluding hydrogens is 571 g/mol. The minimum absolute atomic E-state index is 0.0323. The number of anilines is 1. The molecule has 0 amide bonds. The third-order valence-electron chi connectivity index (χ3n) is 4.50. The van der Waals surface area contributed by atoms with Crippen LogP contribution in [0.2, 0.25) is 0 Å². The summed E-state index contributed by atoms with van der Waals surface area (Å²) in [6.07, 6.45) is 0. The Morgan fingerprint density at radius 3 is 2.03 bits per heavy atom. The van der Waals surface area contributed by atoms with Gasteiger partial charge in [-0.25, -0.2) is 13.4 Å². The molecule has 188 valence electrons. The molecule has 1 aliphatic rings. The van der Waals surface area contributed by atoms with Crippen LogP contribution in [-0.2, 0) is 10.1 Å². The Morgan fingerprint density at radius 1 is 0.972 bits per heavy atom. The van der Waals surface area contributed by atoms with Crippen molar-refractivity contribution >= 4 is 48.9 Å². The molecule has 3 aromatic carbocycles. The first-order valence-electron chi connectivity index (χ1n) is 9.78. The summed E-state index contributed by atoms with van der Waals surface area (Å²) in [6, 6.07) is 23.9. The molecule has 15 heteroatoms. The average Bonchev–Trinajstić information content (AvgIpc) is 2.84. The predicted octanol–water partition coefficient (Wildman–Crippen LogP) is 5.34. The van der Waals surface area contributed by atoms with Gasteiger partial charge in [0, 0.05) is 39.4 Å². The number of rotatable bonds is 4. The Morgan fingerprint density at radius 2 is 1.53 bits per heavy atom. The molecule has 0 aliphatic carbocycles. The number of hydrazone groups is 1. The Kier molecular flexibility index (Phi) is 8.17. The average molecular weight is 586 g/mol. The first-order valence-corrected chi connectivity index (χ1v) is 12.0. The number of alkyl halides is 3. The molecular formula is C21H15BrF3N5O5S. The van der Waals surface area contributed by atoms with Crippen LogP contribution in [0.3, 0.4) is 0 Å². The van der Waals surface area contributed by atoms with E-state index in [1.165, 1.54) is 12.1 Å². The van der Waals surface area contributed by atoms with Crippen molar-refractivity contribution in [3.8, 4) is 0 Å². The molecule has 0 atom stereocenters. The van der Waals surface area contributed by atoms with Crippen LogP contribution in [0.5, 0.6) is 0 Å². The van der Waals surface area contributed by atoms with Gasteiger partial charge in [0.05, 0.1) is 10.6 Å². The van der Waals surface area contributed by atoms with Gasteiger partial charge in [0.25, 0.3) is 12.4 Å². The molecule has 36 heavy (non-hydrogen) atoms. The molecule has 0 aromatic heterocycles. The van der Waals surface area contributed by atoms with Crippen LogP contribution in [0.4, 0.5) is 30.2 Å². The van der Waals surface area contributed by atoms with Crippen LogP contribution in [0.1, 0.15) is 5.56 Å². The van der Waals surface area contributed by atoms with Crippen LogP contribution in [0, 0.1) is 10.1 Å². The van der Waals surface area contributed by atoms with E-state index in [2.05, 4.69) is 26.1 Å². The third kappa shape index (κ3) is 6.93. The van der Waals surface area contributed by atoms with E-state index in [4.69, 9.17) is 13.0 Å². The second-order valence-corrected chi connectivity index (χ2v) is 9.27. The van der Waals surface area contributed by atoms with Gasteiger partial charge < -0.3 is 4.55 Å². The molecule has 0 spiro atoms. The van der Waals surface area contributed by atoms with Crippen molar-refractivity contribution in [2.45, 2.75) is 5.51 Å². The number of nitro benzene ring substituents is 1. The third-order valence-corrected chi connectivity index (χ3v) is 5.59. The lowest BCUT2D eigenvalue weighted by Gasteiger charge is -2.20. The normalized spacial score (nSPS) is 13.8. The van der Waals surface area contributed by atoms with Crippen LogP contribution in [-0.4, -0.2) is 40.6 Å². The quantitative estimate of drug-likeness (QED) is 0.133.